The van der Waals surface area contributed by atoms with Crippen LogP contribution in [0.4, 0.5) is 11.6 Å². The van der Waals surface area contributed by atoms with Crippen LogP contribution in [-0.2, 0) is 30.4 Å². The minimum atomic E-state index is -0.756. The summed E-state index contributed by atoms with van der Waals surface area (Å²) in [6.45, 7) is 1.04. The molecular weight excluding hydrogens is 464 g/mol. The van der Waals surface area contributed by atoms with Gasteiger partial charge < -0.3 is 30.4 Å². The fourth-order valence-electron chi connectivity index (χ4n) is 7.50. The van der Waals surface area contributed by atoms with Crippen molar-refractivity contribution >= 4 is 29.4 Å². The smallest absolute Gasteiger partial charge is 0.314 e. The van der Waals surface area contributed by atoms with Gasteiger partial charge in [0.2, 0.25) is 0 Å². The van der Waals surface area contributed by atoms with Crippen LogP contribution in [0.5, 0.6) is 0 Å². The van der Waals surface area contributed by atoms with Crippen molar-refractivity contribution in [1.29, 1.82) is 0 Å². The minimum absolute atomic E-state index is 0.0765. The first-order valence-corrected chi connectivity index (χ1v) is 12.6. The molecule has 0 spiro atoms. The number of rotatable bonds is 6. The first kappa shape index (κ1) is 23.1. The Morgan fingerprint density at radius 1 is 1.17 bits per heavy atom. The molecule has 192 valence electrons. The Bertz CT molecular complexity index is 1200. The van der Waals surface area contributed by atoms with E-state index in [9.17, 15) is 14.4 Å². The summed E-state index contributed by atoms with van der Waals surface area (Å²) in [6, 6.07) is 2.13. The van der Waals surface area contributed by atoms with Gasteiger partial charge in [-0.15, -0.1) is 0 Å². The number of amides is 2. The van der Waals surface area contributed by atoms with Crippen LogP contribution in [-0.4, -0.2) is 59.9 Å². The Hall–Kier alpha value is -3.34. The third-order valence-corrected chi connectivity index (χ3v) is 8.61. The zero-order valence-corrected chi connectivity index (χ0v) is 20.6. The third kappa shape index (κ3) is 3.51. The summed E-state index contributed by atoms with van der Waals surface area (Å²) in [5.41, 5.74) is 2.43. The van der Waals surface area contributed by atoms with Crippen molar-refractivity contribution in [3.63, 3.8) is 0 Å². The summed E-state index contributed by atoms with van der Waals surface area (Å²) in [5, 5.41) is 13.6. The molecular formula is C25H32N6O5. The Balaban J connectivity index is 1.35. The van der Waals surface area contributed by atoms with Crippen LogP contribution in [0.2, 0.25) is 0 Å². The second-order valence-corrected chi connectivity index (χ2v) is 10.7. The van der Waals surface area contributed by atoms with E-state index in [0.717, 1.165) is 54.7 Å². The number of fused-ring (bicyclic) bond motifs is 3. The highest BCUT2D eigenvalue weighted by Gasteiger charge is 2.60. The van der Waals surface area contributed by atoms with E-state index in [1.165, 1.54) is 14.2 Å². The summed E-state index contributed by atoms with van der Waals surface area (Å²) >= 11 is 0. The summed E-state index contributed by atoms with van der Waals surface area (Å²) in [7, 11) is 3.02. The van der Waals surface area contributed by atoms with Crippen LogP contribution >= 0.6 is 0 Å². The fourth-order valence-corrected chi connectivity index (χ4v) is 7.50. The molecule has 36 heavy (non-hydrogen) atoms. The third-order valence-electron chi connectivity index (χ3n) is 8.61. The van der Waals surface area contributed by atoms with Crippen LogP contribution in [0.25, 0.3) is 11.3 Å². The number of ether oxygens (including phenoxy) is 2. The number of nitrogens with one attached hydrogen (secondary N) is 4. The predicted octanol–water partition coefficient (Wildman–Crippen LogP) is 2.05. The highest BCUT2D eigenvalue weighted by atomic mass is 16.5. The maximum absolute atomic E-state index is 12.8. The van der Waals surface area contributed by atoms with Gasteiger partial charge in [-0.05, 0) is 55.9 Å². The van der Waals surface area contributed by atoms with Crippen molar-refractivity contribution in [3.05, 3.63) is 17.8 Å². The first-order chi connectivity index (χ1) is 17.4. The average Bonchev–Trinajstić information content (AvgIpc) is 3.48. The topological polar surface area (TPSA) is 139 Å². The molecule has 2 aromatic rings. The molecule has 0 aromatic carbocycles. The number of anilines is 2. The molecule has 2 aromatic heterocycles. The lowest BCUT2D eigenvalue weighted by atomic mass is 9.48. The first-order valence-electron chi connectivity index (χ1n) is 12.6. The van der Waals surface area contributed by atoms with E-state index in [4.69, 9.17) is 14.6 Å². The molecule has 4 saturated carbocycles. The van der Waals surface area contributed by atoms with Gasteiger partial charge in [0.25, 0.3) is 0 Å². The minimum Gasteiger partial charge on any atom is -0.469 e. The summed E-state index contributed by atoms with van der Waals surface area (Å²) in [4.78, 5) is 41.0. The number of aromatic nitrogens is 3. The lowest BCUT2D eigenvalue weighted by Crippen LogP contribution is -2.55. The largest absolute Gasteiger partial charge is 0.469 e. The monoisotopic (exact) mass is 496 g/mol. The molecule has 0 saturated heterocycles. The van der Waals surface area contributed by atoms with Crippen LogP contribution in [0.15, 0.2) is 12.3 Å². The number of aromatic amines is 1. The number of methoxy groups -OCH3 is 2. The van der Waals surface area contributed by atoms with Crippen LogP contribution in [0, 0.1) is 23.2 Å². The molecule has 0 radical (unpaired) electrons. The molecule has 11 heteroatoms. The number of hydrogen-bond acceptors (Lipinski definition) is 7. The van der Waals surface area contributed by atoms with E-state index >= 15 is 0 Å². The lowest BCUT2D eigenvalue weighted by Gasteiger charge is -2.58. The van der Waals surface area contributed by atoms with Gasteiger partial charge >= 0.3 is 17.8 Å². The average molecular weight is 497 g/mol. The molecule has 2 unspecified atom stereocenters. The van der Waals surface area contributed by atoms with Gasteiger partial charge in [-0.1, -0.05) is 0 Å². The maximum atomic E-state index is 12.8. The van der Waals surface area contributed by atoms with E-state index in [2.05, 4.69) is 25.6 Å². The summed E-state index contributed by atoms with van der Waals surface area (Å²) < 4.78 is 12.3. The van der Waals surface area contributed by atoms with Gasteiger partial charge in [-0.25, -0.2) is 0 Å². The van der Waals surface area contributed by atoms with Gasteiger partial charge in [0.1, 0.15) is 5.82 Å². The van der Waals surface area contributed by atoms with E-state index in [-0.39, 0.29) is 24.0 Å². The number of H-pyrrole nitrogens is 1. The van der Waals surface area contributed by atoms with E-state index in [1.807, 2.05) is 12.3 Å². The fraction of sp³-hybridized carbons (Fsp3) is 0.600. The van der Waals surface area contributed by atoms with Gasteiger partial charge in [0, 0.05) is 37.5 Å². The SMILES string of the molecule is COCCNC(=O)C(=O)Nc1nn(C2C3CC4CC2CC(C(=O)OC)(C4)C3)c2c1CNc1[nH]ccc1-2. The predicted molar refractivity (Wildman–Crippen MR) is 130 cm³/mol. The van der Waals surface area contributed by atoms with Crippen molar-refractivity contribution in [1.82, 2.24) is 20.1 Å². The summed E-state index contributed by atoms with van der Waals surface area (Å²) in [6.07, 6.45) is 6.53. The highest BCUT2D eigenvalue weighted by Crippen LogP contribution is 2.64. The maximum Gasteiger partial charge on any atom is 0.314 e. The highest BCUT2D eigenvalue weighted by molar-refractivity contribution is 6.39. The number of carbonyl (C=O) groups excluding carboxylic acids is 3. The van der Waals surface area contributed by atoms with Gasteiger partial charge in [-0.2, -0.15) is 5.10 Å². The molecule has 3 heterocycles. The van der Waals surface area contributed by atoms with Crippen molar-refractivity contribution in [2.45, 2.75) is 44.7 Å². The number of esters is 1. The molecule has 4 aliphatic carbocycles. The normalized spacial score (nSPS) is 29.2. The molecule has 11 nitrogen and oxygen atoms in total. The lowest BCUT2D eigenvalue weighted by molar-refractivity contribution is -0.173. The van der Waals surface area contributed by atoms with Gasteiger partial charge in [-0.3, -0.25) is 19.1 Å². The Morgan fingerprint density at radius 2 is 1.94 bits per heavy atom. The van der Waals surface area contributed by atoms with Crippen molar-refractivity contribution < 1.29 is 23.9 Å². The number of carbonyl (C=O) groups is 3. The van der Waals surface area contributed by atoms with E-state index < -0.39 is 11.8 Å². The standard InChI is InChI=1S/C25H32N6O5/c1-35-6-5-27-22(32)23(33)29-21-17-12-28-20-16(3-4-26-20)19(17)31(30-21)18-14-7-13-8-15(18)11-25(9-13,10-14)24(34)36-2/h3-4,13-15,18,26,28H,5-12H2,1-2H3,(H,27,32)(H,29,30,33). The van der Waals surface area contributed by atoms with E-state index in [1.54, 1.807) is 0 Å². The molecule has 2 amide bonds. The Labute approximate surface area is 208 Å². The number of nitrogens with zero attached hydrogens (tertiary/aromatic N) is 2. The molecule has 4 bridgehead atoms. The second-order valence-electron chi connectivity index (χ2n) is 10.7. The molecule has 2 atom stereocenters. The Kier molecular flexibility index (Phi) is 5.55. The number of hydrogen-bond donors (Lipinski definition) is 4. The van der Waals surface area contributed by atoms with Crippen LogP contribution in [0.1, 0.15) is 43.7 Å². The molecule has 4 N–H and O–H groups in total. The van der Waals surface area contributed by atoms with Crippen LogP contribution < -0.4 is 16.0 Å². The van der Waals surface area contributed by atoms with Gasteiger partial charge in [0.05, 0.1) is 30.9 Å². The van der Waals surface area contributed by atoms with Crippen molar-refractivity contribution in [3.8, 4) is 11.3 Å². The summed E-state index contributed by atoms with van der Waals surface area (Å²) in [5.74, 6) is 0.886. The quantitative estimate of drug-likeness (QED) is 0.273. The Morgan fingerprint density at radius 3 is 2.67 bits per heavy atom. The van der Waals surface area contributed by atoms with Crippen molar-refractivity contribution in [2.75, 3.05) is 38.0 Å². The van der Waals surface area contributed by atoms with Crippen LogP contribution in [0.3, 0.4) is 0 Å². The molecule has 1 aliphatic heterocycles. The zero-order valence-electron chi connectivity index (χ0n) is 20.6. The second kappa shape index (κ2) is 8.65. The molecule has 5 aliphatic rings. The molecule has 4 fully saturated rings. The molecule has 7 rings (SSSR count). The van der Waals surface area contributed by atoms with E-state index in [0.29, 0.717) is 36.7 Å². The van der Waals surface area contributed by atoms with Gasteiger partial charge in [0.15, 0.2) is 5.82 Å². The van der Waals surface area contributed by atoms with Crippen molar-refractivity contribution in [2.24, 2.45) is 23.2 Å². The zero-order chi connectivity index (χ0) is 25.0.